The summed E-state index contributed by atoms with van der Waals surface area (Å²) in [4.78, 5) is 18.3. The number of rotatable bonds is 4. The molecule has 11 heteroatoms. The molecule has 31 heavy (non-hydrogen) atoms. The quantitative estimate of drug-likeness (QED) is 0.682. The number of nitrogens with zero attached hydrogens (tertiary/aromatic N) is 2. The number of benzene rings is 2. The van der Waals surface area contributed by atoms with Gasteiger partial charge in [-0.2, -0.15) is 4.99 Å². The monoisotopic (exact) mass is 470 g/mol. The van der Waals surface area contributed by atoms with Crippen LogP contribution in [0.5, 0.6) is 5.75 Å². The van der Waals surface area contributed by atoms with E-state index in [1.54, 1.807) is 17.0 Å². The van der Waals surface area contributed by atoms with Crippen molar-refractivity contribution in [1.29, 1.82) is 0 Å². The van der Waals surface area contributed by atoms with E-state index in [1.165, 1.54) is 23.9 Å². The van der Waals surface area contributed by atoms with Crippen LogP contribution >= 0.6 is 11.8 Å². The zero-order chi connectivity index (χ0) is 22.2. The van der Waals surface area contributed by atoms with Crippen LogP contribution in [0, 0.1) is 0 Å². The molecule has 0 spiro atoms. The average molecular weight is 470 g/mol. The average Bonchev–Trinajstić information content (AvgIpc) is 3.12. The standard InChI is InChI=1S/C20H17F3N2O4S2/c21-20(22,23)29-15-8-6-14(7-9-15)25-16-11-31(27,28)12-17(16)30-19(25)24-18(26)10-13-4-2-1-3-5-13/h1-9,16-17H,10-12H2/t16-,17-/m0/s1. The van der Waals surface area contributed by atoms with Crippen molar-refractivity contribution in [2.24, 2.45) is 4.99 Å². The summed E-state index contributed by atoms with van der Waals surface area (Å²) in [5.74, 6) is -0.937. The molecule has 1 amide bonds. The molecular formula is C20H17F3N2O4S2. The van der Waals surface area contributed by atoms with Crippen molar-refractivity contribution in [2.45, 2.75) is 24.1 Å². The van der Waals surface area contributed by atoms with Crippen LogP contribution in [0.3, 0.4) is 0 Å². The van der Waals surface area contributed by atoms with Gasteiger partial charge < -0.3 is 9.64 Å². The highest BCUT2D eigenvalue weighted by atomic mass is 32.2. The van der Waals surface area contributed by atoms with Gasteiger partial charge in [0, 0.05) is 10.9 Å². The molecule has 2 aromatic carbocycles. The predicted molar refractivity (Wildman–Crippen MR) is 112 cm³/mol. The van der Waals surface area contributed by atoms with E-state index in [9.17, 15) is 26.4 Å². The Morgan fingerprint density at radius 3 is 2.42 bits per heavy atom. The third kappa shape index (κ3) is 5.21. The van der Waals surface area contributed by atoms with Gasteiger partial charge in [0.05, 0.1) is 24.0 Å². The minimum absolute atomic E-state index is 0.0417. The van der Waals surface area contributed by atoms with E-state index in [0.29, 0.717) is 10.9 Å². The third-order valence-electron chi connectivity index (χ3n) is 4.83. The molecule has 2 aromatic rings. The Morgan fingerprint density at radius 1 is 1.10 bits per heavy atom. The van der Waals surface area contributed by atoms with Gasteiger partial charge in [-0.1, -0.05) is 42.1 Å². The highest BCUT2D eigenvalue weighted by Gasteiger charge is 2.49. The van der Waals surface area contributed by atoms with E-state index in [1.807, 2.05) is 18.2 Å². The Kier molecular flexibility index (Phi) is 5.73. The number of hydrogen-bond acceptors (Lipinski definition) is 5. The number of halogens is 3. The largest absolute Gasteiger partial charge is 0.573 e. The molecule has 164 valence electrons. The van der Waals surface area contributed by atoms with Crippen LogP contribution in [0.15, 0.2) is 59.6 Å². The van der Waals surface area contributed by atoms with Gasteiger partial charge in [0.15, 0.2) is 15.0 Å². The molecule has 2 aliphatic heterocycles. The maximum atomic E-state index is 12.5. The van der Waals surface area contributed by atoms with Crippen molar-refractivity contribution in [3.63, 3.8) is 0 Å². The fourth-order valence-corrected chi connectivity index (χ4v) is 7.52. The Labute approximate surface area is 181 Å². The number of hydrogen-bond donors (Lipinski definition) is 0. The van der Waals surface area contributed by atoms with Crippen molar-refractivity contribution in [2.75, 3.05) is 16.4 Å². The molecule has 6 nitrogen and oxygen atoms in total. The molecule has 0 aliphatic carbocycles. The number of amidine groups is 1. The minimum atomic E-state index is -4.81. The van der Waals surface area contributed by atoms with Gasteiger partial charge in [0.1, 0.15) is 5.75 Å². The molecule has 2 atom stereocenters. The number of sulfone groups is 1. The van der Waals surface area contributed by atoms with Gasteiger partial charge in [-0.25, -0.2) is 8.42 Å². The summed E-state index contributed by atoms with van der Waals surface area (Å²) in [6.07, 6.45) is -4.73. The topological polar surface area (TPSA) is 76.0 Å². The molecular weight excluding hydrogens is 453 g/mol. The molecule has 4 rings (SSSR count). The molecule has 0 saturated carbocycles. The third-order valence-corrected chi connectivity index (χ3v) is 8.04. The van der Waals surface area contributed by atoms with E-state index < -0.39 is 33.9 Å². The summed E-state index contributed by atoms with van der Waals surface area (Å²) in [5.41, 5.74) is 1.24. The number of thioether (sulfide) groups is 1. The second kappa shape index (κ2) is 8.19. The number of aliphatic imine (C=N–C) groups is 1. The number of ether oxygens (including phenoxy) is 1. The molecule has 0 unspecified atom stereocenters. The van der Waals surface area contributed by atoms with Crippen LogP contribution in [0.1, 0.15) is 5.56 Å². The Hall–Kier alpha value is -2.53. The lowest BCUT2D eigenvalue weighted by Gasteiger charge is -2.24. The first-order valence-corrected chi connectivity index (χ1v) is 12.0. The van der Waals surface area contributed by atoms with Crippen LogP contribution in [-0.2, 0) is 21.1 Å². The van der Waals surface area contributed by atoms with Crippen molar-refractivity contribution < 1.29 is 31.1 Å². The Bertz CT molecular complexity index is 1100. The number of alkyl halides is 3. The van der Waals surface area contributed by atoms with E-state index in [4.69, 9.17) is 0 Å². The molecule has 0 bridgehead atoms. The lowest BCUT2D eigenvalue weighted by molar-refractivity contribution is -0.274. The van der Waals surface area contributed by atoms with Gasteiger partial charge >= 0.3 is 6.36 Å². The first kappa shape index (κ1) is 21.7. The van der Waals surface area contributed by atoms with Crippen molar-refractivity contribution in [1.82, 2.24) is 0 Å². The lowest BCUT2D eigenvalue weighted by atomic mass is 10.1. The normalized spacial score (nSPS) is 23.7. The van der Waals surface area contributed by atoms with E-state index in [-0.39, 0.29) is 23.2 Å². The van der Waals surface area contributed by atoms with E-state index in [0.717, 1.165) is 17.7 Å². The number of anilines is 1. The summed E-state index contributed by atoms with van der Waals surface area (Å²) >= 11 is 1.20. The van der Waals surface area contributed by atoms with Crippen molar-refractivity contribution in [3.8, 4) is 5.75 Å². The van der Waals surface area contributed by atoms with E-state index >= 15 is 0 Å². The number of carbonyl (C=O) groups excluding carboxylic acids is 1. The van der Waals surface area contributed by atoms with E-state index in [2.05, 4.69) is 9.73 Å². The summed E-state index contributed by atoms with van der Waals surface area (Å²) in [6, 6.07) is 13.7. The smallest absolute Gasteiger partial charge is 0.406 e. The molecule has 2 heterocycles. The van der Waals surface area contributed by atoms with Crippen LogP contribution in [-0.4, -0.2) is 48.7 Å². The number of amides is 1. The van der Waals surface area contributed by atoms with Gasteiger partial charge in [0.25, 0.3) is 5.91 Å². The first-order valence-electron chi connectivity index (χ1n) is 9.27. The summed E-state index contributed by atoms with van der Waals surface area (Å²) in [7, 11) is -3.25. The molecule has 0 aromatic heterocycles. The molecule has 2 saturated heterocycles. The maximum absolute atomic E-state index is 12.5. The number of fused-ring (bicyclic) bond motifs is 1. The highest BCUT2D eigenvalue weighted by Crippen LogP contribution is 2.41. The molecule has 0 radical (unpaired) electrons. The fourth-order valence-electron chi connectivity index (χ4n) is 3.59. The first-order chi connectivity index (χ1) is 14.6. The molecule has 0 N–H and O–H groups in total. The van der Waals surface area contributed by atoms with Crippen molar-refractivity contribution >= 4 is 38.4 Å². The summed E-state index contributed by atoms with van der Waals surface area (Å²) in [5, 5.41) is 0.0368. The number of carbonyl (C=O) groups is 1. The zero-order valence-corrected chi connectivity index (χ0v) is 17.6. The zero-order valence-electron chi connectivity index (χ0n) is 15.9. The predicted octanol–water partition coefficient (Wildman–Crippen LogP) is 3.43. The summed E-state index contributed by atoms with van der Waals surface area (Å²) in [6.45, 7) is 0. The summed E-state index contributed by atoms with van der Waals surface area (Å²) < 4.78 is 65.4. The highest BCUT2D eigenvalue weighted by molar-refractivity contribution is 8.16. The van der Waals surface area contributed by atoms with Crippen molar-refractivity contribution in [3.05, 3.63) is 60.2 Å². The molecule has 2 fully saturated rings. The van der Waals surface area contributed by atoms with Gasteiger partial charge in [-0.15, -0.1) is 13.2 Å². The van der Waals surface area contributed by atoms with Crippen LogP contribution in [0.2, 0.25) is 0 Å². The van der Waals surface area contributed by atoms with Gasteiger partial charge in [-0.3, -0.25) is 4.79 Å². The van der Waals surface area contributed by atoms with Gasteiger partial charge in [0.2, 0.25) is 0 Å². The fraction of sp³-hybridized carbons (Fsp3) is 0.300. The van der Waals surface area contributed by atoms with Crippen LogP contribution in [0.25, 0.3) is 0 Å². The Balaban J connectivity index is 1.61. The second-order valence-electron chi connectivity index (χ2n) is 7.16. The lowest BCUT2D eigenvalue weighted by Crippen LogP contribution is -2.37. The maximum Gasteiger partial charge on any atom is 0.573 e. The minimum Gasteiger partial charge on any atom is -0.406 e. The van der Waals surface area contributed by atoms with Gasteiger partial charge in [-0.05, 0) is 29.8 Å². The van der Waals surface area contributed by atoms with Crippen LogP contribution < -0.4 is 9.64 Å². The van der Waals surface area contributed by atoms with Crippen LogP contribution in [0.4, 0.5) is 18.9 Å². The molecule has 2 aliphatic rings. The SMILES string of the molecule is O=C(Cc1ccccc1)N=C1S[C@H]2CS(=O)(=O)C[C@@H]2N1c1ccc(OC(F)(F)F)cc1. The second-order valence-corrected chi connectivity index (χ2v) is 10.5. The Morgan fingerprint density at radius 2 is 1.77 bits per heavy atom.